The van der Waals surface area contributed by atoms with Crippen LogP contribution in [0.1, 0.15) is 51.0 Å². The van der Waals surface area contributed by atoms with Crippen LogP contribution in [0, 0.1) is 5.82 Å². The van der Waals surface area contributed by atoms with Gasteiger partial charge in [0.05, 0.1) is 6.54 Å². The van der Waals surface area contributed by atoms with E-state index in [1.807, 2.05) is 12.1 Å². The lowest BCUT2D eigenvalue weighted by atomic mass is 9.79. The van der Waals surface area contributed by atoms with Crippen molar-refractivity contribution in [3.63, 3.8) is 0 Å². The van der Waals surface area contributed by atoms with Crippen molar-refractivity contribution in [1.82, 2.24) is 10.2 Å². The zero-order valence-corrected chi connectivity index (χ0v) is 15.2. The average molecular weight is 362 g/mol. The van der Waals surface area contributed by atoms with E-state index >= 15 is 0 Å². The molecule has 0 radical (unpaired) electrons. The Labute approximate surface area is 153 Å². The Balaban J connectivity index is 1.63. The highest BCUT2D eigenvalue weighted by Crippen LogP contribution is 2.40. The highest BCUT2D eigenvalue weighted by molar-refractivity contribution is 5.80. The minimum atomic E-state index is -0.900. The number of rotatable bonds is 8. The average Bonchev–Trinajstić information content (AvgIpc) is 3.35. The second-order valence-electron chi connectivity index (χ2n) is 7.69. The summed E-state index contributed by atoms with van der Waals surface area (Å²) in [7, 11) is 0. The maximum Gasteiger partial charge on any atom is 0.320 e. The smallest absolute Gasteiger partial charge is 0.320 e. The highest BCUT2D eigenvalue weighted by atomic mass is 19.1. The third-order valence-corrected chi connectivity index (χ3v) is 5.84. The number of carboxylic acids is 1. The summed E-state index contributed by atoms with van der Waals surface area (Å²) in [5, 5.41) is 12.3. The van der Waals surface area contributed by atoms with E-state index in [4.69, 9.17) is 0 Å². The molecule has 0 heterocycles. The number of nitrogens with one attached hydrogen (secondary N) is 1. The van der Waals surface area contributed by atoms with E-state index in [1.54, 1.807) is 11.8 Å². The second-order valence-corrected chi connectivity index (χ2v) is 7.69. The largest absolute Gasteiger partial charge is 0.480 e. The SMILES string of the molecule is CC(C(=O)O)N(CC(=O)NCC1(c2ccc(F)cc2)CCCC1)C1CC1. The molecule has 2 saturated carbocycles. The van der Waals surface area contributed by atoms with Gasteiger partial charge in [-0.05, 0) is 50.3 Å². The fourth-order valence-electron chi connectivity index (χ4n) is 4.04. The summed E-state index contributed by atoms with van der Waals surface area (Å²) < 4.78 is 13.3. The van der Waals surface area contributed by atoms with Crippen molar-refractivity contribution < 1.29 is 19.1 Å². The van der Waals surface area contributed by atoms with Crippen molar-refractivity contribution in [3.8, 4) is 0 Å². The Hall–Kier alpha value is -1.95. The van der Waals surface area contributed by atoms with E-state index in [1.165, 1.54) is 12.1 Å². The van der Waals surface area contributed by atoms with Gasteiger partial charge in [-0.3, -0.25) is 14.5 Å². The molecule has 1 unspecified atom stereocenters. The molecule has 1 amide bonds. The monoisotopic (exact) mass is 362 g/mol. The molecule has 0 spiro atoms. The number of carboxylic acid groups (broad SMARTS) is 1. The fourth-order valence-corrected chi connectivity index (χ4v) is 4.04. The molecule has 0 bridgehead atoms. The van der Waals surface area contributed by atoms with E-state index in [0.29, 0.717) is 6.54 Å². The van der Waals surface area contributed by atoms with Crippen LogP contribution in [0.5, 0.6) is 0 Å². The summed E-state index contributed by atoms with van der Waals surface area (Å²) in [6, 6.07) is 6.11. The van der Waals surface area contributed by atoms with Crippen LogP contribution in [0.3, 0.4) is 0 Å². The van der Waals surface area contributed by atoms with Gasteiger partial charge in [-0.25, -0.2) is 4.39 Å². The maximum absolute atomic E-state index is 13.3. The van der Waals surface area contributed by atoms with Gasteiger partial charge in [0.25, 0.3) is 0 Å². The van der Waals surface area contributed by atoms with Gasteiger partial charge in [0.1, 0.15) is 11.9 Å². The van der Waals surface area contributed by atoms with Crippen LogP contribution in [0.4, 0.5) is 4.39 Å². The quantitative estimate of drug-likeness (QED) is 0.746. The first-order valence-corrected chi connectivity index (χ1v) is 9.43. The van der Waals surface area contributed by atoms with Crippen LogP contribution in [-0.2, 0) is 15.0 Å². The first-order chi connectivity index (χ1) is 12.4. The van der Waals surface area contributed by atoms with Crippen LogP contribution >= 0.6 is 0 Å². The van der Waals surface area contributed by atoms with Crippen molar-refractivity contribution in [3.05, 3.63) is 35.6 Å². The minimum Gasteiger partial charge on any atom is -0.480 e. The lowest BCUT2D eigenvalue weighted by Gasteiger charge is -2.31. The molecule has 1 aromatic rings. The summed E-state index contributed by atoms with van der Waals surface area (Å²) in [6.45, 7) is 2.25. The lowest BCUT2D eigenvalue weighted by Crippen LogP contribution is -2.48. The van der Waals surface area contributed by atoms with Crippen LogP contribution in [0.25, 0.3) is 0 Å². The normalized spacial score (nSPS) is 20.1. The summed E-state index contributed by atoms with van der Waals surface area (Å²) in [5.74, 6) is -1.30. The zero-order chi connectivity index (χ0) is 18.7. The Bertz CT molecular complexity index is 652. The van der Waals surface area contributed by atoms with Crippen molar-refractivity contribution in [2.24, 2.45) is 0 Å². The molecule has 0 aliphatic heterocycles. The van der Waals surface area contributed by atoms with E-state index in [0.717, 1.165) is 44.1 Å². The molecule has 2 aliphatic carbocycles. The zero-order valence-electron chi connectivity index (χ0n) is 15.2. The molecular weight excluding hydrogens is 335 g/mol. The Morgan fingerprint density at radius 2 is 1.88 bits per heavy atom. The first kappa shape index (κ1) is 18.8. The molecule has 2 fully saturated rings. The summed E-state index contributed by atoms with van der Waals surface area (Å²) in [5.41, 5.74) is 0.918. The molecule has 2 N–H and O–H groups in total. The predicted octanol–water partition coefficient (Wildman–Crippen LogP) is 2.69. The number of carbonyl (C=O) groups is 2. The van der Waals surface area contributed by atoms with Crippen LogP contribution in [0.15, 0.2) is 24.3 Å². The van der Waals surface area contributed by atoms with Crippen molar-refractivity contribution >= 4 is 11.9 Å². The summed E-state index contributed by atoms with van der Waals surface area (Å²) in [4.78, 5) is 25.5. The van der Waals surface area contributed by atoms with Gasteiger partial charge < -0.3 is 10.4 Å². The topological polar surface area (TPSA) is 69.6 Å². The third-order valence-electron chi connectivity index (χ3n) is 5.84. The minimum absolute atomic E-state index is 0.109. The number of aliphatic carboxylic acids is 1. The molecule has 142 valence electrons. The van der Waals surface area contributed by atoms with E-state index in [2.05, 4.69) is 5.32 Å². The molecule has 3 rings (SSSR count). The second kappa shape index (κ2) is 7.74. The Morgan fingerprint density at radius 3 is 2.42 bits per heavy atom. The van der Waals surface area contributed by atoms with E-state index in [9.17, 15) is 19.1 Å². The maximum atomic E-state index is 13.3. The Kier molecular flexibility index (Phi) is 5.61. The summed E-state index contributed by atoms with van der Waals surface area (Å²) >= 11 is 0. The van der Waals surface area contributed by atoms with Gasteiger partial charge in [0.2, 0.25) is 5.91 Å². The highest BCUT2D eigenvalue weighted by Gasteiger charge is 2.38. The molecule has 2 aliphatic rings. The standard InChI is InChI=1S/C20H27FN2O3/c1-14(19(25)26)23(17-8-9-17)12-18(24)22-13-20(10-2-3-11-20)15-4-6-16(21)7-5-15/h4-7,14,17H,2-3,8-13H2,1H3,(H,22,24)(H,25,26). The fraction of sp³-hybridized carbons (Fsp3) is 0.600. The van der Waals surface area contributed by atoms with Crippen molar-refractivity contribution in [2.45, 2.75) is 62.9 Å². The molecular formula is C20H27FN2O3. The number of nitrogens with zero attached hydrogens (tertiary/aromatic N) is 1. The summed E-state index contributed by atoms with van der Waals surface area (Å²) in [6.07, 6.45) is 6.03. The molecule has 0 saturated heterocycles. The molecule has 0 aromatic heterocycles. The van der Waals surface area contributed by atoms with Gasteiger partial charge in [0.15, 0.2) is 0 Å². The third kappa shape index (κ3) is 4.23. The number of benzene rings is 1. The molecule has 1 atom stereocenters. The number of hydrogen-bond donors (Lipinski definition) is 2. The molecule has 26 heavy (non-hydrogen) atoms. The van der Waals surface area contributed by atoms with E-state index < -0.39 is 12.0 Å². The molecule has 6 heteroatoms. The molecule has 1 aromatic carbocycles. The van der Waals surface area contributed by atoms with Crippen molar-refractivity contribution in [1.29, 1.82) is 0 Å². The van der Waals surface area contributed by atoms with E-state index in [-0.39, 0.29) is 29.7 Å². The van der Waals surface area contributed by atoms with Crippen LogP contribution in [0.2, 0.25) is 0 Å². The number of carbonyl (C=O) groups excluding carboxylic acids is 1. The molecule has 5 nitrogen and oxygen atoms in total. The van der Waals surface area contributed by atoms with Crippen LogP contribution in [-0.4, -0.2) is 47.1 Å². The lowest BCUT2D eigenvalue weighted by molar-refractivity contribution is -0.143. The van der Waals surface area contributed by atoms with Gasteiger partial charge in [-0.15, -0.1) is 0 Å². The van der Waals surface area contributed by atoms with Crippen LogP contribution < -0.4 is 5.32 Å². The number of halogens is 1. The Morgan fingerprint density at radius 1 is 1.27 bits per heavy atom. The number of hydrogen-bond acceptors (Lipinski definition) is 3. The van der Waals surface area contributed by atoms with Gasteiger partial charge >= 0.3 is 5.97 Å². The number of amides is 1. The predicted molar refractivity (Wildman–Crippen MR) is 96.4 cm³/mol. The first-order valence-electron chi connectivity index (χ1n) is 9.43. The van der Waals surface area contributed by atoms with Gasteiger partial charge in [-0.1, -0.05) is 25.0 Å². The van der Waals surface area contributed by atoms with Gasteiger partial charge in [0, 0.05) is 18.0 Å². The van der Waals surface area contributed by atoms with Gasteiger partial charge in [-0.2, -0.15) is 0 Å². The van der Waals surface area contributed by atoms with Crippen molar-refractivity contribution in [2.75, 3.05) is 13.1 Å².